The molecule has 3 rings (SSSR count). The number of rotatable bonds is 7. The third kappa shape index (κ3) is 3.92. The zero-order valence-corrected chi connectivity index (χ0v) is 16.9. The van der Waals surface area contributed by atoms with Gasteiger partial charge < -0.3 is 25.8 Å². The molecule has 0 bridgehead atoms. The molecule has 2 aliphatic rings. The van der Waals surface area contributed by atoms with Gasteiger partial charge in [-0.3, -0.25) is 9.59 Å². The summed E-state index contributed by atoms with van der Waals surface area (Å²) in [6, 6.07) is 7.43. The van der Waals surface area contributed by atoms with Gasteiger partial charge in [0.15, 0.2) is 0 Å². The predicted octanol–water partition coefficient (Wildman–Crippen LogP) is 1.95. The Bertz CT molecular complexity index is 730. The largest absolute Gasteiger partial charge is 0.378 e. The smallest absolute Gasteiger partial charge is 0.253 e. The van der Waals surface area contributed by atoms with Crippen LogP contribution in [0.15, 0.2) is 24.3 Å². The predicted molar refractivity (Wildman–Crippen MR) is 107 cm³/mol. The maximum Gasteiger partial charge on any atom is 0.253 e. The van der Waals surface area contributed by atoms with Gasteiger partial charge in [-0.05, 0) is 37.5 Å². The van der Waals surface area contributed by atoms with E-state index in [0.29, 0.717) is 31.9 Å². The molecule has 0 aromatic heterocycles. The third-order valence-electron chi connectivity index (χ3n) is 6.10. The maximum atomic E-state index is 12.7. The Balaban J connectivity index is 1.56. The van der Waals surface area contributed by atoms with Gasteiger partial charge in [0.1, 0.15) is 11.6 Å². The summed E-state index contributed by atoms with van der Waals surface area (Å²) >= 11 is 0. The summed E-state index contributed by atoms with van der Waals surface area (Å²) in [5.41, 5.74) is 6.62. The van der Waals surface area contributed by atoms with Gasteiger partial charge in [0.25, 0.3) is 5.91 Å². The van der Waals surface area contributed by atoms with Gasteiger partial charge in [-0.1, -0.05) is 26.0 Å². The fourth-order valence-corrected chi connectivity index (χ4v) is 3.93. The molecule has 0 radical (unpaired) electrons. The van der Waals surface area contributed by atoms with Crippen molar-refractivity contribution in [2.24, 2.45) is 11.1 Å². The van der Waals surface area contributed by atoms with E-state index in [2.05, 4.69) is 10.6 Å². The van der Waals surface area contributed by atoms with Gasteiger partial charge in [0, 0.05) is 37.3 Å². The fourth-order valence-electron chi connectivity index (χ4n) is 3.93. The first-order chi connectivity index (χ1) is 13.3. The van der Waals surface area contributed by atoms with E-state index in [9.17, 15) is 9.59 Å². The van der Waals surface area contributed by atoms with Crippen LogP contribution in [0.3, 0.4) is 0 Å². The van der Waals surface area contributed by atoms with Gasteiger partial charge in [-0.25, -0.2) is 0 Å². The fraction of sp³-hybridized carbons (Fsp3) is 0.619. The van der Waals surface area contributed by atoms with E-state index >= 15 is 0 Å². The average Bonchev–Trinajstić information content (AvgIpc) is 3.21. The molecule has 1 aromatic carbocycles. The molecule has 7 heteroatoms. The van der Waals surface area contributed by atoms with Crippen LogP contribution in [0.25, 0.3) is 0 Å². The summed E-state index contributed by atoms with van der Waals surface area (Å²) in [6.07, 6.45) is 1.78. The van der Waals surface area contributed by atoms with E-state index < -0.39 is 11.0 Å². The number of nitrogens with one attached hydrogen (secondary N) is 2. The molecule has 1 heterocycles. The number of anilines is 1. The minimum atomic E-state index is -0.946. The van der Waals surface area contributed by atoms with Crippen molar-refractivity contribution in [1.29, 1.82) is 0 Å². The van der Waals surface area contributed by atoms with Gasteiger partial charge in [0.2, 0.25) is 5.91 Å². The number of carbonyl (C=O) groups excluding carboxylic acids is 2. The van der Waals surface area contributed by atoms with Crippen LogP contribution >= 0.6 is 0 Å². The molecule has 2 fully saturated rings. The second kappa shape index (κ2) is 8.19. The van der Waals surface area contributed by atoms with E-state index in [1.165, 1.54) is 0 Å². The normalized spacial score (nSPS) is 28.4. The van der Waals surface area contributed by atoms with E-state index in [-0.39, 0.29) is 24.0 Å². The molecule has 4 N–H and O–H groups in total. The molecule has 3 atom stereocenters. The summed E-state index contributed by atoms with van der Waals surface area (Å²) in [7, 11) is 0. The zero-order chi connectivity index (χ0) is 20.4. The lowest BCUT2D eigenvalue weighted by molar-refractivity contribution is -0.170. The zero-order valence-electron chi connectivity index (χ0n) is 16.9. The summed E-state index contributed by atoms with van der Waals surface area (Å²) < 4.78 is 11.1. The van der Waals surface area contributed by atoms with Crippen LogP contribution < -0.4 is 16.4 Å². The van der Waals surface area contributed by atoms with Crippen LogP contribution in [0.5, 0.6) is 0 Å². The number of hydrogen-bond donors (Lipinski definition) is 3. The number of carbonyl (C=O) groups is 2. The minimum absolute atomic E-state index is 0.00963. The number of ether oxygens (including phenoxy) is 2. The summed E-state index contributed by atoms with van der Waals surface area (Å²) in [5.74, 6) is -0.306. The van der Waals surface area contributed by atoms with Crippen LogP contribution in [-0.4, -0.2) is 42.8 Å². The van der Waals surface area contributed by atoms with Crippen LogP contribution in [0.1, 0.15) is 45.6 Å². The van der Waals surface area contributed by atoms with Gasteiger partial charge in [-0.15, -0.1) is 0 Å². The molecule has 1 aliphatic carbocycles. The first-order valence-corrected chi connectivity index (χ1v) is 9.98. The van der Waals surface area contributed by atoms with Crippen molar-refractivity contribution in [3.05, 3.63) is 29.8 Å². The molecule has 0 spiro atoms. The molecule has 154 valence electrons. The minimum Gasteiger partial charge on any atom is -0.378 e. The summed E-state index contributed by atoms with van der Waals surface area (Å²) in [4.78, 5) is 24.9. The lowest BCUT2D eigenvalue weighted by atomic mass is 9.54. The van der Waals surface area contributed by atoms with Gasteiger partial charge in [0.05, 0.1) is 6.10 Å². The quantitative estimate of drug-likeness (QED) is 0.661. The Labute approximate surface area is 166 Å². The van der Waals surface area contributed by atoms with Crippen molar-refractivity contribution < 1.29 is 19.1 Å². The second-order valence-electron chi connectivity index (χ2n) is 8.22. The molecule has 1 aromatic rings. The van der Waals surface area contributed by atoms with Crippen LogP contribution in [0.2, 0.25) is 0 Å². The Kier molecular flexibility index (Phi) is 6.07. The number of nitrogens with two attached hydrogens (primary N) is 1. The van der Waals surface area contributed by atoms with E-state index in [0.717, 1.165) is 18.4 Å². The van der Waals surface area contributed by atoms with Crippen molar-refractivity contribution >= 4 is 17.5 Å². The highest BCUT2D eigenvalue weighted by Crippen LogP contribution is 2.49. The molecular formula is C21H31N3O4. The van der Waals surface area contributed by atoms with Crippen LogP contribution in [0, 0.1) is 5.41 Å². The topological polar surface area (TPSA) is 103 Å². The molecule has 2 amide bonds. The molecule has 7 nitrogen and oxygen atoms in total. The Morgan fingerprint density at radius 1 is 1.36 bits per heavy atom. The number of benzene rings is 1. The summed E-state index contributed by atoms with van der Waals surface area (Å²) in [6.45, 7) is 7.46. The number of amides is 2. The van der Waals surface area contributed by atoms with Crippen molar-refractivity contribution in [1.82, 2.24) is 5.32 Å². The van der Waals surface area contributed by atoms with Gasteiger partial charge >= 0.3 is 0 Å². The first kappa shape index (κ1) is 20.8. The van der Waals surface area contributed by atoms with Crippen molar-refractivity contribution in [3.63, 3.8) is 0 Å². The SMILES string of the molecule is CCOC1CC(N)(C(=O)NCc2cccc(NC(=O)C3CCCO3)c2)C1(C)C. The van der Waals surface area contributed by atoms with E-state index in [1.54, 1.807) is 0 Å². The average molecular weight is 389 g/mol. The molecule has 3 unspecified atom stereocenters. The lowest BCUT2D eigenvalue weighted by Gasteiger charge is -2.57. The molecule has 1 aliphatic heterocycles. The molecule has 28 heavy (non-hydrogen) atoms. The highest BCUT2D eigenvalue weighted by molar-refractivity contribution is 5.94. The molecular weight excluding hydrogens is 358 g/mol. The van der Waals surface area contributed by atoms with Crippen LogP contribution in [0.4, 0.5) is 5.69 Å². The Hall–Kier alpha value is -1.96. The first-order valence-electron chi connectivity index (χ1n) is 9.98. The Morgan fingerprint density at radius 3 is 2.79 bits per heavy atom. The van der Waals surface area contributed by atoms with Crippen molar-refractivity contribution in [2.45, 2.75) is 64.3 Å². The van der Waals surface area contributed by atoms with Gasteiger partial charge in [-0.2, -0.15) is 0 Å². The molecule has 1 saturated carbocycles. The third-order valence-corrected chi connectivity index (χ3v) is 6.10. The standard InChI is InChI=1S/C21H31N3O4/c1-4-27-17-12-21(22,20(17,2)3)19(26)23-13-14-7-5-8-15(11-14)24-18(25)16-9-6-10-28-16/h5,7-8,11,16-17H,4,6,9-10,12-13,22H2,1-3H3,(H,23,26)(H,24,25). The van der Waals surface area contributed by atoms with E-state index in [1.807, 2.05) is 45.0 Å². The molecule has 1 saturated heterocycles. The second-order valence-corrected chi connectivity index (χ2v) is 8.22. The van der Waals surface area contributed by atoms with Crippen molar-refractivity contribution in [2.75, 3.05) is 18.5 Å². The maximum absolute atomic E-state index is 12.7. The Morgan fingerprint density at radius 2 is 2.14 bits per heavy atom. The highest BCUT2D eigenvalue weighted by atomic mass is 16.5. The highest BCUT2D eigenvalue weighted by Gasteiger charge is 2.62. The monoisotopic (exact) mass is 389 g/mol. The van der Waals surface area contributed by atoms with Crippen molar-refractivity contribution in [3.8, 4) is 0 Å². The number of hydrogen-bond acceptors (Lipinski definition) is 5. The summed E-state index contributed by atoms with van der Waals surface area (Å²) in [5, 5.41) is 5.82. The van der Waals surface area contributed by atoms with E-state index in [4.69, 9.17) is 15.2 Å². The lowest BCUT2D eigenvalue weighted by Crippen LogP contribution is -2.75. The van der Waals surface area contributed by atoms with Crippen LogP contribution in [-0.2, 0) is 25.6 Å².